The van der Waals surface area contributed by atoms with E-state index in [2.05, 4.69) is 20.7 Å². The molecule has 0 unspecified atom stereocenters. The summed E-state index contributed by atoms with van der Waals surface area (Å²) in [6.45, 7) is 2.72. The molecule has 3 heterocycles. The predicted octanol–water partition coefficient (Wildman–Crippen LogP) is 1.03. The van der Waals surface area contributed by atoms with Crippen molar-refractivity contribution in [1.82, 2.24) is 20.1 Å². The molecule has 3 rings (SSSR count). The second kappa shape index (κ2) is 4.24. The Labute approximate surface area is 108 Å². The fourth-order valence-corrected chi connectivity index (χ4v) is 3.14. The van der Waals surface area contributed by atoms with Crippen LogP contribution in [-0.4, -0.2) is 33.3 Å². The highest BCUT2D eigenvalue weighted by molar-refractivity contribution is 7.22. The van der Waals surface area contributed by atoms with Gasteiger partial charge >= 0.3 is 0 Å². The number of fused-ring (bicyclic) bond motifs is 1. The number of nitrogens with zero attached hydrogens (tertiary/aromatic N) is 3. The van der Waals surface area contributed by atoms with Gasteiger partial charge in [0.2, 0.25) is 5.91 Å². The van der Waals surface area contributed by atoms with Crippen molar-refractivity contribution in [2.24, 2.45) is 7.05 Å². The van der Waals surface area contributed by atoms with E-state index in [0.29, 0.717) is 6.42 Å². The molecule has 18 heavy (non-hydrogen) atoms. The van der Waals surface area contributed by atoms with Crippen LogP contribution in [0.1, 0.15) is 18.5 Å². The Bertz CT molecular complexity index is 567. The fraction of sp³-hybridized carbons (Fsp3) is 0.545. The van der Waals surface area contributed by atoms with Gasteiger partial charge in [0.1, 0.15) is 0 Å². The van der Waals surface area contributed by atoms with Crippen LogP contribution in [0.15, 0.2) is 0 Å². The summed E-state index contributed by atoms with van der Waals surface area (Å²) < 4.78 is 2.92. The lowest BCUT2D eigenvalue weighted by Gasteiger charge is -2.09. The zero-order valence-corrected chi connectivity index (χ0v) is 11.2. The summed E-state index contributed by atoms with van der Waals surface area (Å²) >= 11 is 1.61. The molecule has 0 aliphatic carbocycles. The molecule has 0 saturated carbocycles. The van der Waals surface area contributed by atoms with Crippen molar-refractivity contribution >= 4 is 32.7 Å². The summed E-state index contributed by atoms with van der Waals surface area (Å²) in [7, 11) is 1.90. The molecule has 6 nitrogen and oxygen atoms in total. The van der Waals surface area contributed by atoms with E-state index in [4.69, 9.17) is 0 Å². The molecule has 0 aromatic carbocycles. The minimum atomic E-state index is 0.145. The molecular formula is C11H15N5OS. The van der Waals surface area contributed by atoms with Crippen molar-refractivity contribution < 1.29 is 4.79 Å². The van der Waals surface area contributed by atoms with Gasteiger partial charge in [-0.1, -0.05) is 11.3 Å². The van der Waals surface area contributed by atoms with Crippen LogP contribution in [0.25, 0.3) is 10.3 Å². The van der Waals surface area contributed by atoms with E-state index in [1.165, 1.54) is 0 Å². The normalized spacial score (nSPS) is 19.4. The first-order valence-corrected chi connectivity index (χ1v) is 6.78. The topological polar surface area (TPSA) is 71.8 Å². The Hall–Kier alpha value is -1.63. The molecule has 1 saturated heterocycles. The number of rotatable bonds is 3. The van der Waals surface area contributed by atoms with E-state index in [0.717, 1.165) is 34.1 Å². The van der Waals surface area contributed by atoms with Crippen LogP contribution in [-0.2, 0) is 11.8 Å². The van der Waals surface area contributed by atoms with Crippen molar-refractivity contribution in [2.45, 2.75) is 25.8 Å². The highest BCUT2D eigenvalue weighted by Crippen LogP contribution is 2.28. The molecule has 2 aromatic rings. The first-order valence-electron chi connectivity index (χ1n) is 5.97. The van der Waals surface area contributed by atoms with Gasteiger partial charge in [-0.05, 0) is 13.3 Å². The summed E-state index contributed by atoms with van der Waals surface area (Å²) in [5.74, 6) is 0.145. The number of nitrogens with one attached hydrogen (secondary N) is 2. The lowest BCUT2D eigenvalue weighted by molar-refractivity contribution is -0.119. The number of hydrogen-bond acceptors (Lipinski definition) is 5. The van der Waals surface area contributed by atoms with Gasteiger partial charge in [-0.15, -0.1) is 0 Å². The highest BCUT2D eigenvalue weighted by atomic mass is 32.1. The van der Waals surface area contributed by atoms with Gasteiger partial charge in [-0.3, -0.25) is 4.79 Å². The first-order chi connectivity index (χ1) is 8.63. The minimum Gasteiger partial charge on any atom is -0.359 e. The number of anilines is 1. The van der Waals surface area contributed by atoms with E-state index >= 15 is 0 Å². The molecule has 0 spiro atoms. The van der Waals surface area contributed by atoms with Crippen molar-refractivity contribution in [1.29, 1.82) is 0 Å². The highest BCUT2D eigenvalue weighted by Gasteiger charge is 2.20. The van der Waals surface area contributed by atoms with E-state index in [1.807, 2.05) is 14.0 Å². The number of carbonyl (C=O) groups is 1. The monoisotopic (exact) mass is 265 g/mol. The molecular weight excluding hydrogens is 250 g/mol. The predicted molar refractivity (Wildman–Crippen MR) is 70.8 cm³/mol. The second-order valence-corrected chi connectivity index (χ2v) is 5.56. The van der Waals surface area contributed by atoms with E-state index in [9.17, 15) is 4.79 Å². The van der Waals surface area contributed by atoms with Gasteiger partial charge in [-0.25, -0.2) is 9.67 Å². The van der Waals surface area contributed by atoms with Gasteiger partial charge in [0.25, 0.3) is 0 Å². The third-order valence-electron chi connectivity index (χ3n) is 3.13. The maximum atomic E-state index is 11.1. The average Bonchev–Trinajstić information content (AvgIpc) is 2.97. The Balaban J connectivity index is 1.71. The summed E-state index contributed by atoms with van der Waals surface area (Å²) in [5.41, 5.74) is 1.92. The van der Waals surface area contributed by atoms with Crippen molar-refractivity contribution in [3.63, 3.8) is 0 Å². The molecule has 0 radical (unpaired) electrons. The summed E-state index contributed by atoms with van der Waals surface area (Å²) in [5, 5.41) is 11.4. The van der Waals surface area contributed by atoms with Crippen LogP contribution in [0.3, 0.4) is 0 Å². The van der Waals surface area contributed by atoms with Crippen LogP contribution >= 0.6 is 11.3 Å². The number of hydrogen-bond donors (Lipinski definition) is 2. The third-order valence-corrected chi connectivity index (χ3v) is 4.24. The zero-order valence-electron chi connectivity index (χ0n) is 10.4. The van der Waals surface area contributed by atoms with Gasteiger partial charge in [-0.2, -0.15) is 5.10 Å². The van der Waals surface area contributed by atoms with Crippen molar-refractivity contribution in [3.8, 4) is 0 Å². The Morgan fingerprint density at radius 2 is 2.44 bits per heavy atom. The van der Waals surface area contributed by atoms with Crippen molar-refractivity contribution in [3.05, 3.63) is 5.69 Å². The molecule has 0 bridgehead atoms. The van der Waals surface area contributed by atoms with E-state index < -0.39 is 0 Å². The van der Waals surface area contributed by atoms with Gasteiger partial charge in [0.15, 0.2) is 10.8 Å². The third kappa shape index (κ3) is 1.94. The fourth-order valence-electron chi connectivity index (χ4n) is 2.20. The molecule has 7 heteroatoms. The molecule has 1 aliphatic rings. The minimum absolute atomic E-state index is 0.145. The van der Waals surface area contributed by atoms with Crippen molar-refractivity contribution in [2.75, 3.05) is 11.9 Å². The molecule has 2 N–H and O–H groups in total. The van der Waals surface area contributed by atoms with Crippen LogP contribution in [0.2, 0.25) is 0 Å². The molecule has 2 aromatic heterocycles. The number of aryl methyl sites for hydroxylation is 2. The number of aromatic nitrogens is 3. The summed E-state index contributed by atoms with van der Waals surface area (Å²) in [4.78, 5) is 15.6. The number of thiazole rings is 1. The quantitative estimate of drug-likeness (QED) is 0.869. The first kappa shape index (κ1) is 11.5. The Morgan fingerprint density at radius 3 is 3.11 bits per heavy atom. The zero-order chi connectivity index (χ0) is 12.7. The molecule has 1 aliphatic heterocycles. The van der Waals surface area contributed by atoms with Crippen LogP contribution in [0.5, 0.6) is 0 Å². The lowest BCUT2D eigenvalue weighted by Crippen LogP contribution is -2.31. The number of carbonyl (C=O) groups excluding carboxylic acids is 1. The largest absolute Gasteiger partial charge is 0.359 e. The summed E-state index contributed by atoms with van der Waals surface area (Å²) in [6.07, 6.45) is 1.53. The van der Waals surface area contributed by atoms with E-state index in [1.54, 1.807) is 16.0 Å². The van der Waals surface area contributed by atoms with Gasteiger partial charge < -0.3 is 10.6 Å². The average molecular weight is 265 g/mol. The molecule has 1 fully saturated rings. The molecule has 1 atom stereocenters. The van der Waals surface area contributed by atoms with Crippen LogP contribution in [0.4, 0.5) is 5.13 Å². The number of amides is 1. The Morgan fingerprint density at radius 1 is 1.61 bits per heavy atom. The van der Waals surface area contributed by atoms with Crippen LogP contribution < -0.4 is 10.6 Å². The second-order valence-electron chi connectivity index (χ2n) is 4.56. The van der Waals surface area contributed by atoms with Gasteiger partial charge in [0.05, 0.1) is 10.4 Å². The van der Waals surface area contributed by atoms with Crippen LogP contribution in [0, 0.1) is 6.92 Å². The van der Waals surface area contributed by atoms with E-state index in [-0.39, 0.29) is 11.9 Å². The lowest BCUT2D eigenvalue weighted by atomic mass is 10.2. The SMILES string of the molecule is Cc1nn(C)c2nc(NC[C@@H]3CCC(=O)N3)sc12. The molecule has 1 amide bonds. The van der Waals surface area contributed by atoms with Gasteiger partial charge in [0, 0.05) is 26.1 Å². The summed E-state index contributed by atoms with van der Waals surface area (Å²) in [6, 6.07) is 0.226. The smallest absolute Gasteiger partial charge is 0.220 e. The Kier molecular flexibility index (Phi) is 2.70. The standard InChI is InChI=1S/C11H15N5OS/c1-6-9-10(16(2)15-6)14-11(18-9)12-5-7-3-4-8(17)13-7/h7H,3-5H2,1-2H3,(H,12,14)(H,13,17)/t7-/m0/s1. The maximum Gasteiger partial charge on any atom is 0.220 e. The maximum absolute atomic E-state index is 11.1. The molecule has 96 valence electrons.